The lowest BCUT2D eigenvalue weighted by atomic mass is 9.92. The minimum absolute atomic E-state index is 0.208. The molecular weight excluding hydrogens is 206 g/mol. The van der Waals surface area contributed by atoms with E-state index >= 15 is 0 Å². The van der Waals surface area contributed by atoms with E-state index in [2.05, 4.69) is 63.5 Å². The van der Waals surface area contributed by atoms with Crippen LogP contribution in [-0.4, -0.2) is 4.57 Å². The molecule has 0 saturated heterocycles. The molecule has 0 radical (unpaired) electrons. The normalized spacial score (nSPS) is 12.3. The van der Waals surface area contributed by atoms with E-state index < -0.39 is 0 Å². The summed E-state index contributed by atoms with van der Waals surface area (Å²) in [7, 11) is 0. The maximum absolute atomic E-state index is 2.48. The maximum atomic E-state index is 2.48. The van der Waals surface area contributed by atoms with Crippen LogP contribution in [0.4, 0.5) is 0 Å². The highest BCUT2D eigenvalue weighted by molar-refractivity contribution is 5.85. The lowest BCUT2D eigenvalue weighted by Crippen LogP contribution is -2.17. The third-order valence-corrected chi connectivity index (χ3v) is 3.47. The molecule has 0 aliphatic rings. The summed E-state index contributed by atoms with van der Waals surface area (Å²) in [5, 5.41) is 1.39. The minimum atomic E-state index is 0.208. The van der Waals surface area contributed by atoms with Gasteiger partial charge in [0, 0.05) is 23.0 Å². The fourth-order valence-corrected chi connectivity index (χ4v) is 2.64. The van der Waals surface area contributed by atoms with Gasteiger partial charge in [-0.3, -0.25) is 0 Å². The lowest BCUT2D eigenvalue weighted by Gasteiger charge is -2.21. The van der Waals surface area contributed by atoms with Crippen molar-refractivity contribution in [3.05, 3.63) is 35.5 Å². The Morgan fingerprint density at radius 2 is 1.82 bits per heavy atom. The largest absolute Gasteiger partial charge is 0.344 e. The summed E-state index contributed by atoms with van der Waals surface area (Å²) in [5.74, 6) is 0. The van der Waals surface area contributed by atoms with Crippen LogP contribution in [0, 0.1) is 0 Å². The molecule has 0 unspecified atom stereocenters. The summed E-state index contributed by atoms with van der Waals surface area (Å²) in [4.78, 5) is 0. The highest BCUT2D eigenvalue weighted by Gasteiger charge is 2.20. The number of aryl methyl sites for hydroxylation is 2. The highest BCUT2D eigenvalue weighted by atomic mass is 15.0. The van der Waals surface area contributed by atoms with Crippen LogP contribution in [-0.2, 0) is 18.4 Å². The SMILES string of the molecule is CCc1cccc2cc(C(C)(C)C)n(CC)c12. The number of aromatic nitrogens is 1. The number of benzene rings is 1. The summed E-state index contributed by atoms with van der Waals surface area (Å²) in [5.41, 5.74) is 4.54. The molecular formula is C16H23N. The van der Waals surface area contributed by atoms with Gasteiger partial charge in [-0.1, -0.05) is 45.9 Å². The Labute approximate surface area is 104 Å². The number of fused-ring (bicyclic) bond motifs is 1. The molecule has 1 aromatic carbocycles. The molecule has 0 amide bonds. The molecule has 0 spiro atoms. The molecule has 0 N–H and O–H groups in total. The van der Waals surface area contributed by atoms with Crippen molar-refractivity contribution in [3.63, 3.8) is 0 Å². The summed E-state index contributed by atoms with van der Waals surface area (Å²) in [6.07, 6.45) is 1.10. The van der Waals surface area contributed by atoms with Gasteiger partial charge in [-0.25, -0.2) is 0 Å². The van der Waals surface area contributed by atoms with E-state index in [0.29, 0.717) is 0 Å². The second-order valence-corrected chi connectivity index (χ2v) is 5.73. The van der Waals surface area contributed by atoms with Gasteiger partial charge in [-0.2, -0.15) is 0 Å². The van der Waals surface area contributed by atoms with Crippen LogP contribution < -0.4 is 0 Å². The average molecular weight is 229 g/mol. The van der Waals surface area contributed by atoms with E-state index in [1.54, 1.807) is 0 Å². The van der Waals surface area contributed by atoms with E-state index in [4.69, 9.17) is 0 Å². The van der Waals surface area contributed by atoms with Crippen molar-refractivity contribution >= 4 is 10.9 Å². The zero-order valence-corrected chi connectivity index (χ0v) is 11.7. The van der Waals surface area contributed by atoms with Crippen LogP contribution in [0.25, 0.3) is 10.9 Å². The molecule has 0 aliphatic carbocycles. The van der Waals surface area contributed by atoms with Crippen LogP contribution >= 0.6 is 0 Å². The number of nitrogens with zero attached hydrogens (tertiary/aromatic N) is 1. The second-order valence-electron chi connectivity index (χ2n) is 5.73. The lowest BCUT2D eigenvalue weighted by molar-refractivity contribution is 0.531. The summed E-state index contributed by atoms with van der Waals surface area (Å²) in [6.45, 7) is 12.4. The standard InChI is InChI=1S/C16H23N/c1-6-12-9-8-10-13-11-14(16(3,4)5)17(7-2)15(12)13/h8-11H,6-7H2,1-5H3. The molecule has 92 valence electrons. The van der Waals surface area contributed by atoms with Crippen molar-refractivity contribution < 1.29 is 0 Å². The zero-order chi connectivity index (χ0) is 12.6. The van der Waals surface area contributed by atoms with Gasteiger partial charge in [0.25, 0.3) is 0 Å². The number of hydrogen-bond acceptors (Lipinski definition) is 0. The topological polar surface area (TPSA) is 4.93 Å². The van der Waals surface area contributed by atoms with Gasteiger partial charge >= 0.3 is 0 Å². The predicted octanol–water partition coefficient (Wildman–Crippen LogP) is 4.52. The van der Waals surface area contributed by atoms with E-state index in [-0.39, 0.29) is 5.41 Å². The summed E-state index contributed by atoms with van der Waals surface area (Å²) >= 11 is 0. The summed E-state index contributed by atoms with van der Waals surface area (Å²) < 4.78 is 2.48. The Hall–Kier alpha value is -1.24. The van der Waals surface area contributed by atoms with E-state index in [0.717, 1.165) is 13.0 Å². The molecule has 0 bridgehead atoms. The molecule has 1 heteroatoms. The van der Waals surface area contributed by atoms with Crippen LogP contribution in [0.2, 0.25) is 0 Å². The summed E-state index contributed by atoms with van der Waals surface area (Å²) in [6, 6.07) is 9.02. The Bertz CT molecular complexity index is 526. The van der Waals surface area contributed by atoms with Crippen LogP contribution in [0.3, 0.4) is 0 Å². The molecule has 0 atom stereocenters. The van der Waals surface area contributed by atoms with Crippen LogP contribution in [0.1, 0.15) is 45.9 Å². The fraction of sp³-hybridized carbons (Fsp3) is 0.500. The molecule has 1 nitrogen and oxygen atoms in total. The Kier molecular flexibility index (Phi) is 3.03. The second kappa shape index (κ2) is 4.21. The minimum Gasteiger partial charge on any atom is -0.344 e. The number of para-hydroxylation sites is 1. The van der Waals surface area contributed by atoms with Crippen molar-refractivity contribution in [2.24, 2.45) is 0 Å². The molecule has 17 heavy (non-hydrogen) atoms. The molecule has 2 rings (SSSR count). The van der Waals surface area contributed by atoms with Gasteiger partial charge in [-0.05, 0) is 25.0 Å². The van der Waals surface area contributed by atoms with E-state index in [1.165, 1.54) is 22.2 Å². The van der Waals surface area contributed by atoms with Gasteiger partial charge in [0.2, 0.25) is 0 Å². The van der Waals surface area contributed by atoms with Crippen molar-refractivity contribution in [1.29, 1.82) is 0 Å². The molecule has 1 heterocycles. The Balaban J connectivity index is 2.81. The first kappa shape index (κ1) is 12.2. The average Bonchev–Trinajstić information content (AvgIpc) is 2.66. The quantitative estimate of drug-likeness (QED) is 0.713. The molecule has 0 fully saturated rings. The Morgan fingerprint density at radius 1 is 1.12 bits per heavy atom. The van der Waals surface area contributed by atoms with Crippen LogP contribution in [0.5, 0.6) is 0 Å². The first-order valence-electron chi connectivity index (χ1n) is 6.60. The molecule has 0 saturated carbocycles. The highest BCUT2D eigenvalue weighted by Crippen LogP contribution is 2.31. The van der Waals surface area contributed by atoms with E-state index in [1.807, 2.05) is 0 Å². The predicted molar refractivity (Wildman–Crippen MR) is 75.7 cm³/mol. The van der Waals surface area contributed by atoms with E-state index in [9.17, 15) is 0 Å². The van der Waals surface area contributed by atoms with Crippen molar-refractivity contribution in [2.45, 2.75) is 53.0 Å². The van der Waals surface area contributed by atoms with Gasteiger partial charge in [0.1, 0.15) is 0 Å². The van der Waals surface area contributed by atoms with Gasteiger partial charge in [0.15, 0.2) is 0 Å². The molecule has 0 aliphatic heterocycles. The first-order chi connectivity index (χ1) is 7.99. The molecule has 2 aromatic rings. The number of hydrogen-bond donors (Lipinski definition) is 0. The van der Waals surface area contributed by atoms with Gasteiger partial charge < -0.3 is 4.57 Å². The first-order valence-corrected chi connectivity index (χ1v) is 6.60. The third kappa shape index (κ3) is 1.99. The van der Waals surface area contributed by atoms with Gasteiger partial charge in [0.05, 0.1) is 5.52 Å². The van der Waals surface area contributed by atoms with Crippen LogP contribution in [0.15, 0.2) is 24.3 Å². The van der Waals surface area contributed by atoms with Crippen molar-refractivity contribution in [2.75, 3.05) is 0 Å². The smallest absolute Gasteiger partial charge is 0.0515 e. The van der Waals surface area contributed by atoms with Gasteiger partial charge in [-0.15, -0.1) is 0 Å². The monoisotopic (exact) mass is 229 g/mol. The number of rotatable bonds is 2. The van der Waals surface area contributed by atoms with Crippen molar-refractivity contribution in [1.82, 2.24) is 4.57 Å². The molecule has 1 aromatic heterocycles. The zero-order valence-electron chi connectivity index (χ0n) is 11.7. The fourth-order valence-electron chi connectivity index (χ4n) is 2.64. The maximum Gasteiger partial charge on any atom is 0.0515 e. The Morgan fingerprint density at radius 3 is 2.35 bits per heavy atom. The third-order valence-electron chi connectivity index (χ3n) is 3.47. The van der Waals surface area contributed by atoms with Crippen molar-refractivity contribution in [3.8, 4) is 0 Å².